The minimum Gasteiger partial charge on any atom is -0.474 e. The second-order valence-electron chi connectivity index (χ2n) is 11.3. The smallest absolute Gasteiger partial charge is 0.423 e. The van der Waals surface area contributed by atoms with Crippen LogP contribution in [0, 0.1) is 16.0 Å². The Balaban J connectivity index is 1.09. The van der Waals surface area contributed by atoms with Crippen molar-refractivity contribution in [1.82, 2.24) is 9.88 Å². The highest BCUT2D eigenvalue weighted by atomic mass is 19.4. The predicted molar refractivity (Wildman–Crippen MR) is 148 cm³/mol. The van der Waals surface area contributed by atoms with Crippen LogP contribution < -0.4 is 15.0 Å². The van der Waals surface area contributed by atoms with Crippen molar-refractivity contribution in [1.29, 1.82) is 0 Å². The molecule has 1 N–H and O–H groups in total. The van der Waals surface area contributed by atoms with E-state index in [0.717, 1.165) is 30.9 Å². The number of pyridine rings is 1. The molecule has 1 saturated heterocycles. The molecule has 1 amide bonds. The van der Waals surface area contributed by atoms with Gasteiger partial charge in [0.05, 0.1) is 4.92 Å². The molecule has 2 aliphatic carbocycles. The number of nitrogens with zero attached hydrogens (tertiary/aromatic N) is 4. The van der Waals surface area contributed by atoms with Crippen LogP contribution in [0.3, 0.4) is 0 Å². The van der Waals surface area contributed by atoms with E-state index in [2.05, 4.69) is 15.2 Å². The lowest BCUT2D eigenvalue weighted by molar-refractivity contribution is -0.388. The summed E-state index contributed by atoms with van der Waals surface area (Å²) in [5, 5.41) is 14.1. The van der Waals surface area contributed by atoms with Gasteiger partial charge in [-0.25, -0.2) is 4.98 Å². The first-order valence-electron chi connectivity index (χ1n) is 14.4. The van der Waals surface area contributed by atoms with Gasteiger partial charge >= 0.3 is 6.18 Å². The number of nitro benzene ring substituents is 1. The second kappa shape index (κ2) is 12.5. The zero-order valence-electron chi connectivity index (χ0n) is 22.9. The number of halogens is 3. The number of nitro groups is 1. The fraction of sp³-hybridized carbons (Fsp3) is 0.586. The lowest BCUT2D eigenvalue weighted by Crippen LogP contribution is -2.49. The van der Waals surface area contributed by atoms with Crippen molar-refractivity contribution in [3.05, 3.63) is 52.2 Å². The molecule has 1 aromatic heterocycles. The van der Waals surface area contributed by atoms with Crippen molar-refractivity contribution >= 4 is 23.0 Å². The highest BCUT2D eigenvalue weighted by Crippen LogP contribution is 2.38. The Bertz CT molecular complexity index is 1220. The van der Waals surface area contributed by atoms with Crippen LogP contribution in [0.1, 0.15) is 63.4 Å². The highest BCUT2D eigenvalue weighted by molar-refractivity contribution is 5.76. The lowest BCUT2D eigenvalue weighted by atomic mass is 9.92. The van der Waals surface area contributed by atoms with Crippen molar-refractivity contribution in [2.45, 2.75) is 76.1 Å². The second-order valence-corrected chi connectivity index (χ2v) is 11.3. The van der Waals surface area contributed by atoms with Gasteiger partial charge in [-0.05, 0) is 62.6 Å². The van der Waals surface area contributed by atoms with Crippen molar-refractivity contribution < 1.29 is 27.6 Å². The first-order chi connectivity index (χ1) is 19.7. The summed E-state index contributed by atoms with van der Waals surface area (Å²) in [6, 6.07) is 6.83. The van der Waals surface area contributed by atoms with E-state index in [1.165, 1.54) is 31.7 Å². The highest BCUT2D eigenvalue weighted by Gasteiger charge is 2.38. The number of nitrogens with one attached hydrogen (secondary N) is 1. The van der Waals surface area contributed by atoms with Gasteiger partial charge in [0.25, 0.3) is 5.69 Å². The fourth-order valence-electron chi connectivity index (χ4n) is 6.21. The molecular weight excluding hydrogens is 539 g/mol. The molecule has 3 aliphatic rings. The van der Waals surface area contributed by atoms with Crippen LogP contribution in [0.4, 0.5) is 30.2 Å². The molecule has 1 aromatic carbocycles. The third-order valence-electron chi connectivity index (χ3n) is 8.49. The fourth-order valence-corrected chi connectivity index (χ4v) is 6.21. The topological polar surface area (TPSA) is 101 Å². The van der Waals surface area contributed by atoms with Crippen LogP contribution >= 0.6 is 0 Å². The van der Waals surface area contributed by atoms with E-state index in [-0.39, 0.29) is 23.7 Å². The van der Waals surface area contributed by atoms with Gasteiger partial charge in [0.15, 0.2) is 0 Å². The van der Waals surface area contributed by atoms with E-state index in [4.69, 9.17) is 4.74 Å². The molecule has 2 saturated carbocycles. The number of rotatable bonds is 8. The molecule has 12 heteroatoms. The summed E-state index contributed by atoms with van der Waals surface area (Å²) in [5.74, 6) is 1.36. The van der Waals surface area contributed by atoms with E-state index in [1.807, 2.05) is 17.0 Å². The number of piperazine rings is 1. The molecule has 41 heavy (non-hydrogen) atoms. The third kappa shape index (κ3) is 7.39. The molecular formula is C29H36F3N5O4. The van der Waals surface area contributed by atoms with Gasteiger partial charge in [0.1, 0.15) is 11.7 Å². The summed E-state index contributed by atoms with van der Waals surface area (Å²) < 4.78 is 46.1. The van der Waals surface area contributed by atoms with Gasteiger partial charge < -0.3 is 19.9 Å². The maximum atomic E-state index is 13.3. The quantitative estimate of drug-likeness (QED) is 0.303. The monoisotopic (exact) mass is 575 g/mol. The molecule has 9 nitrogen and oxygen atoms in total. The van der Waals surface area contributed by atoms with E-state index in [1.54, 1.807) is 6.20 Å². The Hall–Kier alpha value is -3.57. The number of hydrogen-bond acceptors (Lipinski definition) is 7. The van der Waals surface area contributed by atoms with E-state index >= 15 is 0 Å². The minimum absolute atomic E-state index is 0.0654. The molecule has 5 rings (SSSR count). The van der Waals surface area contributed by atoms with E-state index in [0.29, 0.717) is 57.0 Å². The number of carbonyl (C=O) groups is 1. The van der Waals surface area contributed by atoms with Crippen LogP contribution in [-0.4, -0.2) is 59.0 Å². The Morgan fingerprint density at radius 3 is 2.39 bits per heavy atom. The molecule has 1 aliphatic heterocycles. The first-order valence-corrected chi connectivity index (χ1v) is 14.4. The molecule has 0 bridgehead atoms. The molecule has 3 fully saturated rings. The molecule has 0 spiro atoms. The standard InChI is InChI=1S/C29H36F3N5O4/c30-29(31,32)25-18-22(7-10-26(25)37(39)40)34-21-5-8-24(9-6-21)41-27-19-23(11-12-33-27)35-13-15-36(16-14-35)28(38)17-20-3-1-2-4-20/h7,10-12,18-21,24,34H,1-6,8-9,13-17H2/t21-,24-. The first kappa shape index (κ1) is 28.9. The maximum Gasteiger partial charge on any atom is 0.423 e. The zero-order chi connectivity index (χ0) is 29.0. The lowest BCUT2D eigenvalue weighted by Gasteiger charge is -2.36. The van der Waals surface area contributed by atoms with Gasteiger partial charge in [-0.15, -0.1) is 0 Å². The summed E-state index contributed by atoms with van der Waals surface area (Å²) in [4.78, 5) is 31.3. The Labute approximate surface area is 237 Å². The number of anilines is 2. The molecule has 2 heterocycles. The molecule has 222 valence electrons. The summed E-state index contributed by atoms with van der Waals surface area (Å²) in [6.45, 7) is 2.94. The Kier molecular flexibility index (Phi) is 8.84. The van der Waals surface area contributed by atoms with Crippen LogP contribution in [0.15, 0.2) is 36.5 Å². The summed E-state index contributed by atoms with van der Waals surface area (Å²) in [6.07, 6.45) is 5.11. The molecule has 0 atom stereocenters. The summed E-state index contributed by atoms with van der Waals surface area (Å²) >= 11 is 0. The van der Waals surface area contributed by atoms with Crippen molar-refractivity contribution in [3.63, 3.8) is 0 Å². The van der Waals surface area contributed by atoms with Gasteiger partial charge in [-0.2, -0.15) is 13.2 Å². The number of benzene rings is 1. The van der Waals surface area contributed by atoms with Crippen molar-refractivity contribution in [3.8, 4) is 5.88 Å². The predicted octanol–water partition coefficient (Wildman–Crippen LogP) is 6.04. The summed E-state index contributed by atoms with van der Waals surface area (Å²) in [5.41, 5.74) is -0.994. The number of aromatic nitrogens is 1. The van der Waals surface area contributed by atoms with Crippen LogP contribution in [0.25, 0.3) is 0 Å². The number of amides is 1. The number of hydrogen-bond donors (Lipinski definition) is 1. The van der Waals surface area contributed by atoms with Gasteiger partial charge in [-0.3, -0.25) is 14.9 Å². The largest absolute Gasteiger partial charge is 0.474 e. The third-order valence-corrected chi connectivity index (χ3v) is 8.49. The maximum absolute atomic E-state index is 13.3. The van der Waals surface area contributed by atoms with E-state index < -0.39 is 22.4 Å². The van der Waals surface area contributed by atoms with Gasteiger partial charge in [0.2, 0.25) is 11.8 Å². The van der Waals surface area contributed by atoms with E-state index in [9.17, 15) is 28.1 Å². The SMILES string of the molecule is O=C(CC1CCCC1)N1CCN(c2ccnc(O[C@H]3CC[C@H](Nc4ccc([N+](=O)[O-])c(C(F)(F)F)c4)CC3)c2)CC1. The summed E-state index contributed by atoms with van der Waals surface area (Å²) in [7, 11) is 0. The number of ether oxygens (including phenoxy) is 1. The average Bonchev–Trinajstić information content (AvgIpc) is 3.47. The Morgan fingerprint density at radius 2 is 1.73 bits per heavy atom. The van der Waals surface area contributed by atoms with Crippen LogP contribution in [0.5, 0.6) is 5.88 Å². The minimum atomic E-state index is -4.81. The van der Waals surface area contributed by atoms with Crippen LogP contribution in [-0.2, 0) is 11.0 Å². The molecule has 0 radical (unpaired) electrons. The average molecular weight is 576 g/mol. The number of alkyl halides is 3. The van der Waals surface area contributed by atoms with Gasteiger partial charge in [0, 0.05) is 68.3 Å². The Morgan fingerprint density at radius 1 is 1.02 bits per heavy atom. The van der Waals surface area contributed by atoms with Crippen molar-refractivity contribution in [2.24, 2.45) is 5.92 Å². The normalized spacial score (nSPS) is 22.0. The van der Waals surface area contributed by atoms with Gasteiger partial charge in [-0.1, -0.05) is 12.8 Å². The molecule has 2 aromatic rings. The van der Waals surface area contributed by atoms with Crippen molar-refractivity contribution in [2.75, 3.05) is 36.4 Å². The number of carbonyl (C=O) groups excluding carboxylic acids is 1. The van der Waals surface area contributed by atoms with Crippen LogP contribution in [0.2, 0.25) is 0 Å². The zero-order valence-corrected chi connectivity index (χ0v) is 22.9. The molecule has 0 unspecified atom stereocenters.